The van der Waals surface area contributed by atoms with Crippen molar-refractivity contribution in [3.05, 3.63) is 5.89 Å². The summed E-state index contributed by atoms with van der Waals surface area (Å²) < 4.78 is 18.3. The first-order valence-corrected chi connectivity index (χ1v) is 4.61. The Labute approximate surface area is 81.1 Å². The van der Waals surface area contributed by atoms with E-state index in [0.29, 0.717) is 31.4 Å². The molecule has 2 atom stereocenters. The third-order valence-electron chi connectivity index (χ3n) is 2.40. The molecule has 6 heteroatoms. The lowest BCUT2D eigenvalue weighted by Crippen LogP contribution is -2.35. The van der Waals surface area contributed by atoms with Gasteiger partial charge in [0, 0.05) is 25.9 Å². The maximum atomic E-state index is 13.1. The molecule has 5 nitrogen and oxygen atoms in total. The van der Waals surface area contributed by atoms with Gasteiger partial charge in [-0.2, -0.15) is 0 Å². The fourth-order valence-corrected chi connectivity index (χ4v) is 1.72. The van der Waals surface area contributed by atoms with Crippen molar-refractivity contribution in [1.82, 2.24) is 10.2 Å². The van der Waals surface area contributed by atoms with Crippen LogP contribution in [0.3, 0.4) is 0 Å². The molecule has 0 saturated carbocycles. The largest absolute Gasteiger partial charge is 0.408 e. The van der Waals surface area contributed by atoms with Crippen LogP contribution >= 0.6 is 0 Å². The predicted octanol–water partition coefficient (Wildman–Crippen LogP) is 0.254. The number of nitrogens with two attached hydrogens (primary N) is 1. The molecule has 2 N–H and O–H groups in total. The van der Waals surface area contributed by atoms with Gasteiger partial charge in [-0.15, -0.1) is 5.10 Å². The maximum absolute atomic E-state index is 13.1. The lowest BCUT2D eigenvalue weighted by molar-refractivity contribution is 0.356. The number of anilines is 1. The first-order valence-electron chi connectivity index (χ1n) is 4.61. The molecular formula is C8H13FN4O. The highest BCUT2D eigenvalue weighted by Crippen LogP contribution is 2.25. The minimum absolute atomic E-state index is 0.0233. The van der Waals surface area contributed by atoms with Gasteiger partial charge in [0.05, 0.1) is 6.54 Å². The Bertz CT molecular complexity index is 316. The highest BCUT2D eigenvalue weighted by Gasteiger charge is 2.34. The van der Waals surface area contributed by atoms with Gasteiger partial charge in [-0.3, -0.25) is 0 Å². The molecule has 0 aromatic carbocycles. The van der Waals surface area contributed by atoms with Crippen LogP contribution in [0.15, 0.2) is 4.42 Å². The molecule has 0 bridgehead atoms. The van der Waals surface area contributed by atoms with E-state index >= 15 is 0 Å². The maximum Gasteiger partial charge on any atom is 0.318 e. The van der Waals surface area contributed by atoms with Gasteiger partial charge in [0.1, 0.15) is 6.17 Å². The SMILES string of the molecule is Cc1nnc(N2C[C@H](F)C[C@@H]2CN)o1. The van der Waals surface area contributed by atoms with Crippen LogP contribution in [0.5, 0.6) is 0 Å². The monoisotopic (exact) mass is 200 g/mol. The van der Waals surface area contributed by atoms with Crippen LogP contribution in [-0.4, -0.2) is 35.5 Å². The lowest BCUT2D eigenvalue weighted by atomic mass is 10.2. The van der Waals surface area contributed by atoms with E-state index in [1.807, 2.05) is 0 Å². The van der Waals surface area contributed by atoms with Crippen molar-refractivity contribution in [3.8, 4) is 0 Å². The molecule has 1 aliphatic heterocycles. The van der Waals surface area contributed by atoms with E-state index in [4.69, 9.17) is 10.2 Å². The average molecular weight is 200 g/mol. The van der Waals surface area contributed by atoms with Crippen molar-refractivity contribution in [1.29, 1.82) is 0 Å². The number of aromatic nitrogens is 2. The number of aryl methyl sites for hydroxylation is 1. The molecule has 0 amide bonds. The van der Waals surface area contributed by atoms with Gasteiger partial charge in [-0.25, -0.2) is 4.39 Å². The number of rotatable bonds is 2. The Morgan fingerprint density at radius 1 is 1.64 bits per heavy atom. The molecule has 1 saturated heterocycles. The van der Waals surface area contributed by atoms with Crippen molar-refractivity contribution >= 4 is 6.01 Å². The Morgan fingerprint density at radius 2 is 2.43 bits per heavy atom. The third kappa shape index (κ3) is 1.57. The van der Waals surface area contributed by atoms with E-state index in [1.54, 1.807) is 11.8 Å². The zero-order chi connectivity index (χ0) is 10.1. The molecule has 2 heterocycles. The van der Waals surface area contributed by atoms with Crippen LogP contribution in [0.4, 0.5) is 10.4 Å². The fourth-order valence-electron chi connectivity index (χ4n) is 1.72. The Morgan fingerprint density at radius 3 is 3.00 bits per heavy atom. The second kappa shape index (κ2) is 3.53. The highest BCUT2D eigenvalue weighted by molar-refractivity contribution is 5.30. The molecule has 1 fully saturated rings. The van der Waals surface area contributed by atoms with E-state index in [0.717, 1.165) is 0 Å². The Kier molecular flexibility index (Phi) is 2.37. The molecule has 1 aromatic heterocycles. The minimum atomic E-state index is -0.851. The molecule has 1 aliphatic rings. The van der Waals surface area contributed by atoms with Gasteiger partial charge in [-0.1, -0.05) is 5.10 Å². The van der Waals surface area contributed by atoms with Gasteiger partial charge in [0.15, 0.2) is 0 Å². The summed E-state index contributed by atoms with van der Waals surface area (Å²) >= 11 is 0. The van der Waals surface area contributed by atoms with Gasteiger partial charge in [-0.05, 0) is 0 Å². The molecule has 0 spiro atoms. The third-order valence-corrected chi connectivity index (χ3v) is 2.40. The summed E-state index contributed by atoms with van der Waals surface area (Å²) in [5, 5.41) is 7.55. The fraction of sp³-hybridized carbons (Fsp3) is 0.750. The van der Waals surface area contributed by atoms with Crippen LogP contribution < -0.4 is 10.6 Å². The number of hydrogen-bond acceptors (Lipinski definition) is 5. The zero-order valence-corrected chi connectivity index (χ0v) is 7.98. The van der Waals surface area contributed by atoms with Crippen molar-refractivity contribution < 1.29 is 8.81 Å². The van der Waals surface area contributed by atoms with Gasteiger partial charge in [0.2, 0.25) is 5.89 Å². The molecule has 0 aliphatic carbocycles. The van der Waals surface area contributed by atoms with E-state index in [9.17, 15) is 4.39 Å². The predicted molar refractivity (Wildman–Crippen MR) is 48.7 cm³/mol. The van der Waals surface area contributed by atoms with Crippen LogP contribution in [0.2, 0.25) is 0 Å². The van der Waals surface area contributed by atoms with Crippen molar-refractivity contribution in [2.45, 2.75) is 25.6 Å². The topological polar surface area (TPSA) is 68.2 Å². The highest BCUT2D eigenvalue weighted by atomic mass is 19.1. The van der Waals surface area contributed by atoms with Crippen molar-refractivity contribution in [2.24, 2.45) is 5.73 Å². The number of alkyl halides is 1. The number of nitrogens with zero attached hydrogens (tertiary/aromatic N) is 3. The summed E-state index contributed by atoms with van der Waals surface area (Å²) in [6.45, 7) is 2.41. The second-order valence-electron chi connectivity index (χ2n) is 3.48. The zero-order valence-electron chi connectivity index (χ0n) is 7.98. The van der Waals surface area contributed by atoms with E-state index in [1.165, 1.54) is 0 Å². The quantitative estimate of drug-likeness (QED) is 0.741. The summed E-state index contributed by atoms with van der Waals surface area (Å²) in [7, 11) is 0. The molecule has 14 heavy (non-hydrogen) atoms. The first kappa shape index (κ1) is 9.39. The van der Waals surface area contributed by atoms with Crippen molar-refractivity contribution in [3.63, 3.8) is 0 Å². The van der Waals surface area contributed by atoms with E-state index < -0.39 is 6.17 Å². The molecule has 0 radical (unpaired) electrons. The molecule has 1 aromatic rings. The summed E-state index contributed by atoms with van der Waals surface area (Å²) in [4.78, 5) is 1.74. The Hall–Kier alpha value is -1.17. The number of hydrogen-bond donors (Lipinski definition) is 1. The van der Waals surface area contributed by atoms with Crippen LogP contribution in [0, 0.1) is 6.92 Å². The summed E-state index contributed by atoms with van der Waals surface area (Å²) in [6, 6.07) is 0.350. The van der Waals surface area contributed by atoms with Crippen LogP contribution in [0.1, 0.15) is 12.3 Å². The van der Waals surface area contributed by atoms with Gasteiger partial charge in [0.25, 0.3) is 0 Å². The summed E-state index contributed by atoms with van der Waals surface area (Å²) in [5.41, 5.74) is 5.53. The van der Waals surface area contributed by atoms with Crippen molar-refractivity contribution in [2.75, 3.05) is 18.0 Å². The first-order chi connectivity index (χ1) is 6.70. The van der Waals surface area contributed by atoms with Gasteiger partial charge < -0.3 is 15.1 Å². The molecular weight excluding hydrogens is 187 g/mol. The van der Waals surface area contributed by atoms with E-state index in [2.05, 4.69) is 10.2 Å². The average Bonchev–Trinajstić information content (AvgIpc) is 2.71. The summed E-state index contributed by atoms with van der Waals surface area (Å²) in [5.74, 6) is 0.484. The smallest absolute Gasteiger partial charge is 0.318 e. The molecule has 78 valence electrons. The van der Waals surface area contributed by atoms with Crippen LogP contribution in [0.25, 0.3) is 0 Å². The van der Waals surface area contributed by atoms with Gasteiger partial charge >= 0.3 is 6.01 Å². The normalized spacial score (nSPS) is 27.2. The van der Waals surface area contributed by atoms with Crippen LogP contribution in [-0.2, 0) is 0 Å². The van der Waals surface area contributed by atoms with E-state index in [-0.39, 0.29) is 6.04 Å². The Balaban J connectivity index is 2.17. The minimum Gasteiger partial charge on any atom is -0.408 e. The summed E-state index contributed by atoms with van der Waals surface area (Å²) in [6.07, 6.45) is -0.409. The second-order valence-corrected chi connectivity index (χ2v) is 3.48. The lowest BCUT2D eigenvalue weighted by Gasteiger charge is -2.19. The molecule has 0 unspecified atom stereocenters. The number of halogens is 1. The molecule has 2 rings (SSSR count). The standard InChI is InChI=1S/C8H13FN4O/c1-5-11-12-8(14-5)13-4-6(9)2-7(13)3-10/h6-7H,2-4,10H2,1H3/t6-,7-/m1/s1.